The summed E-state index contributed by atoms with van der Waals surface area (Å²) in [5.74, 6) is 0.308. The quantitative estimate of drug-likeness (QED) is 0.135. The molecule has 0 unspecified atom stereocenters. The Bertz CT molecular complexity index is 1570. The number of ether oxygens (including phenoxy) is 3. The largest absolute Gasteiger partial charge is 0.496 e. The van der Waals surface area contributed by atoms with Crippen LogP contribution in [-0.2, 0) is 22.6 Å². The number of benzene rings is 4. The van der Waals surface area contributed by atoms with E-state index in [1.807, 2.05) is 77.8 Å². The van der Waals surface area contributed by atoms with Gasteiger partial charge in [0.25, 0.3) is 0 Å². The summed E-state index contributed by atoms with van der Waals surface area (Å²) in [6.45, 7) is 2.39. The monoisotopic (exact) mass is 657 g/mol. The van der Waals surface area contributed by atoms with E-state index in [0.717, 1.165) is 54.3 Å². The molecule has 0 spiro atoms. The predicted octanol–water partition coefficient (Wildman–Crippen LogP) is 7.23. The smallest absolute Gasteiger partial charge is 0.341 e. The van der Waals surface area contributed by atoms with Crippen LogP contribution in [-0.4, -0.2) is 39.2 Å². The van der Waals surface area contributed by atoms with Crippen molar-refractivity contribution in [3.05, 3.63) is 112 Å². The molecule has 0 aromatic heterocycles. The van der Waals surface area contributed by atoms with Crippen molar-refractivity contribution in [1.29, 1.82) is 0 Å². The summed E-state index contributed by atoms with van der Waals surface area (Å²) in [4.78, 5) is 28.3. The number of piperidine rings is 1. The van der Waals surface area contributed by atoms with Crippen LogP contribution in [0, 0.1) is 0 Å². The van der Waals surface area contributed by atoms with Crippen molar-refractivity contribution in [2.24, 2.45) is 0 Å². The van der Waals surface area contributed by atoms with Gasteiger partial charge in [-0.1, -0.05) is 58.4 Å². The molecule has 0 bridgehead atoms. The zero-order chi connectivity index (χ0) is 30.9. The number of amides is 1. The Morgan fingerprint density at radius 1 is 0.886 bits per heavy atom. The van der Waals surface area contributed by atoms with Gasteiger partial charge in [-0.15, -0.1) is 0 Å². The van der Waals surface area contributed by atoms with Gasteiger partial charge in [-0.3, -0.25) is 15.2 Å². The Labute approximate surface area is 266 Å². The summed E-state index contributed by atoms with van der Waals surface area (Å²) in [6.07, 6.45) is 3.52. The summed E-state index contributed by atoms with van der Waals surface area (Å²) in [5, 5.41) is 1.83. The van der Waals surface area contributed by atoms with E-state index in [1.165, 1.54) is 20.6 Å². The zero-order valence-corrected chi connectivity index (χ0v) is 26.5. The fourth-order valence-electron chi connectivity index (χ4n) is 5.26. The number of hydrazine groups is 1. The molecule has 1 saturated heterocycles. The number of para-hydroxylation sites is 2. The van der Waals surface area contributed by atoms with Crippen LogP contribution < -0.4 is 24.8 Å². The highest BCUT2D eigenvalue weighted by molar-refractivity contribution is 9.10. The summed E-state index contributed by atoms with van der Waals surface area (Å²) < 4.78 is 16.9. The number of esters is 1. The van der Waals surface area contributed by atoms with Crippen molar-refractivity contribution in [3.8, 4) is 11.5 Å². The first-order chi connectivity index (χ1) is 21.5. The third kappa shape index (κ3) is 7.52. The number of hydrogen-bond acceptors (Lipinski definition) is 7. The Kier molecular flexibility index (Phi) is 10.4. The van der Waals surface area contributed by atoms with Crippen LogP contribution in [0.5, 0.6) is 11.5 Å². The number of methoxy groups -OCH3 is 2. The molecule has 1 aliphatic rings. The van der Waals surface area contributed by atoms with Crippen molar-refractivity contribution in [2.75, 3.05) is 37.2 Å². The van der Waals surface area contributed by atoms with Gasteiger partial charge >= 0.3 is 5.97 Å². The van der Waals surface area contributed by atoms with Crippen LogP contribution in [0.15, 0.2) is 95.5 Å². The van der Waals surface area contributed by atoms with E-state index in [0.29, 0.717) is 22.4 Å². The molecule has 1 aliphatic heterocycles. The van der Waals surface area contributed by atoms with Crippen LogP contribution in [0.25, 0.3) is 0 Å². The number of nitrogens with one attached hydrogen (secondary N) is 1. The molecule has 0 saturated carbocycles. The lowest BCUT2D eigenvalue weighted by molar-refractivity contribution is -0.120. The Balaban J connectivity index is 1.42. The van der Waals surface area contributed by atoms with E-state index in [-0.39, 0.29) is 17.9 Å². The maximum atomic E-state index is 13.7. The van der Waals surface area contributed by atoms with Gasteiger partial charge in [0.15, 0.2) is 0 Å². The third-order valence-electron chi connectivity index (χ3n) is 7.52. The molecule has 228 valence electrons. The lowest BCUT2D eigenvalue weighted by atomic mass is 10.1. The Morgan fingerprint density at radius 2 is 1.59 bits per heavy atom. The van der Waals surface area contributed by atoms with Crippen molar-refractivity contribution in [2.45, 2.75) is 32.3 Å². The third-order valence-corrected chi connectivity index (χ3v) is 8.26. The number of carbonyl (C=O) groups is 2. The number of rotatable bonds is 11. The average Bonchev–Trinajstić information content (AvgIpc) is 3.08. The second-order valence-electron chi connectivity index (χ2n) is 10.5. The highest BCUT2D eigenvalue weighted by atomic mass is 79.9. The number of halogens is 1. The predicted molar refractivity (Wildman–Crippen MR) is 176 cm³/mol. The molecule has 9 heteroatoms. The fraction of sp³-hybridized carbons (Fsp3) is 0.257. The van der Waals surface area contributed by atoms with Gasteiger partial charge < -0.3 is 19.1 Å². The van der Waals surface area contributed by atoms with Crippen LogP contribution >= 0.6 is 15.9 Å². The second kappa shape index (κ2) is 14.8. The maximum Gasteiger partial charge on any atom is 0.341 e. The molecular weight excluding hydrogens is 622 g/mol. The molecule has 8 nitrogen and oxygen atoms in total. The zero-order valence-electron chi connectivity index (χ0n) is 24.9. The minimum Gasteiger partial charge on any atom is -0.496 e. The van der Waals surface area contributed by atoms with Crippen LogP contribution in [0.4, 0.5) is 17.1 Å². The minimum absolute atomic E-state index is 0.0407. The molecular formula is C35H36BrN3O5. The summed E-state index contributed by atoms with van der Waals surface area (Å²) in [7, 11) is 2.79. The Morgan fingerprint density at radius 3 is 2.30 bits per heavy atom. The van der Waals surface area contributed by atoms with E-state index >= 15 is 0 Å². The van der Waals surface area contributed by atoms with Crippen molar-refractivity contribution >= 4 is 44.9 Å². The van der Waals surface area contributed by atoms with Crippen LogP contribution in [0.1, 0.15) is 40.7 Å². The first-order valence-corrected chi connectivity index (χ1v) is 15.4. The molecule has 5 rings (SSSR count). The van der Waals surface area contributed by atoms with Gasteiger partial charge in [-0.25, -0.2) is 4.79 Å². The number of anilines is 3. The van der Waals surface area contributed by atoms with Crippen LogP contribution in [0.3, 0.4) is 0 Å². The molecule has 1 heterocycles. The summed E-state index contributed by atoms with van der Waals surface area (Å²) in [5.41, 5.74) is 7.89. The molecule has 4 aromatic carbocycles. The lowest BCUT2D eigenvalue weighted by Crippen LogP contribution is -2.41. The summed E-state index contributed by atoms with van der Waals surface area (Å²) >= 11 is 3.52. The molecule has 1 fully saturated rings. The molecule has 0 radical (unpaired) electrons. The number of nitrogens with zero attached hydrogens (tertiary/aromatic N) is 2. The van der Waals surface area contributed by atoms with E-state index in [1.54, 1.807) is 12.1 Å². The van der Waals surface area contributed by atoms with E-state index < -0.39 is 5.97 Å². The van der Waals surface area contributed by atoms with E-state index in [4.69, 9.17) is 14.2 Å². The minimum atomic E-state index is -0.518. The summed E-state index contributed by atoms with van der Waals surface area (Å²) in [6, 6.07) is 29.2. The first kappa shape index (κ1) is 30.9. The number of hydrogen-bond donors (Lipinski definition) is 1. The van der Waals surface area contributed by atoms with E-state index in [9.17, 15) is 9.59 Å². The van der Waals surface area contributed by atoms with Gasteiger partial charge in [0.1, 0.15) is 23.7 Å². The van der Waals surface area contributed by atoms with Crippen molar-refractivity contribution in [1.82, 2.24) is 5.43 Å². The fourth-order valence-corrected chi connectivity index (χ4v) is 5.74. The van der Waals surface area contributed by atoms with Gasteiger partial charge in [-0.2, -0.15) is 0 Å². The van der Waals surface area contributed by atoms with Gasteiger partial charge in [0, 0.05) is 17.6 Å². The van der Waals surface area contributed by atoms with Gasteiger partial charge in [0.05, 0.1) is 37.7 Å². The molecule has 44 heavy (non-hydrogen) atoms. The number of carbonyl (C=O) groups excluding carboxylic acids is 2. The van der Waals surface area contributed by atoms with Crippen LogP contribution in [0.2, 0.25) is 0 Å². The molecule has 4 aromatic rings. The SMILES string of the molecule is COC(=O)c1cc(Br)c(CC(=O)NN(c2ccc(OCc3ccccc3)cc2)c2ccccc2N2CCCCC2)cc1OC. The molecule has 1 N–H and O–H groups in total. The molecule has 0 atom stereocenters. The topological polar surface area (TPSA) is 80.3 Å². The van der Waals surface area contributed by atoms with Crippen molar-refractivity contribution in [3.63, 3.8) is 0 Å². The van der Waals surface area contributed by atoms with E-state index in [2.05, 4.69) is 32.3 Å². The molecule has 0 aliphatic carbocycles. The lowest BCUT2D eigenvalue weighted by Gasteiger charge is -2.34. The normalized spacial score (nSPS) is 12.8. The highest BCUT2D eigenvalue weighted by Crippen LogP contribution is 2.36. The van der Waals surface area contributed by atoms with Crippen molar-refractivity contribution < 1.29 is 23.8 Å². The highest BCUT2D eigenvalue weighted by Gasteiger charge is 2.23. The maximum absolute atomic E-state index is 13.7. The second-order valence-corrected chi connectivity index (χ2v) is 11.3. The Hall–Kier alpha value is -4.50. The van der Waals surface area contributed by atoms with Gasteiger partial charge in [-0.05, 0) is 78.9 Å². The first-order valence-electron chi connectivity index (χ1n) is 14.6. The average molecular weight is 659 g/mol. The molecule has 1 amide bonds. The van der Waals surface area contributed by atoms with Gasteiger partial charge in [0.2, 0.25) is 5.91 Å². The standard InChI is InChI=1S/C35H36BrN3O5/c1-42-33-21-26(30(36)23-29(33)35(41)43-2)22-34(40)37-39(32-14-8-7-13-31(32)38-19-9-4-10-20-38)27-15-17-28(18-16-27)44-24-25-11-5-3-6-12-25/h3,5-8,11-18,21,23H,4,9-10,19-20,22,24H2,1-2H3,(H,37,40).